The predicted octanol–water partition coefficient (Wildman–Crippen LogP) is 1.23. The highest BCUT2D eigenvalue weighted by Crippen LogP contribution is 2.33. The van der Waals surface area contributed by atoms with E-state index >= 15 is 0 Å². The van der Waals surface area contributed by atoms with E-state index in [4.69, 9.17) is 0 Å². The smallest absolute Gasteiger partial charge is 0.327 e. The number of nitrogens with zero attached hydrogens (tertiary/aromatic N) is 2. The van der Waals surface area contributed by atoms with Gasteiger partial charge in [0.2, 0.25) is 0 Å². The molecule has 21 heavy (non-hydrogen) atoms. The van der Waals surface area contributed by atoms with E-state index in [1.807, 2.05) is 6.92 Å². The summed E-state index contributed by atoms with van der Waals surface area (Å²) in [7, 11) is 2.86. The Bertz CT molecular complexity index is 404. The van der Waals surface area contributed by atoms with Crippen LogP contribution in [0.25, 0.3) is 0 Å². The fourth-order valence-electron chi connectivity index (χ4n) is 2.13. The molecular formula is C13H22N2O5S. The topological polar surface area (TPSA) is 87.2 Å². The quantitative estimate of drug-likeness (QED) is 0.741. The van der Waals surface area contributed by atoms with Crippen molar-refractivity contribution in [2.45, 2.75) is 37.6 Å². The third-order valence-electron chi connectivity index (χ3n) is 3.34. The number of methoxy groups -OCH3 is 1. The van der Waals surface area contributed by atoms with Gasteiger partial charge < -0.3 is 14.7 Å². The Hall–Kier alpha value is -1.44. The third-order valence-corrected chi connectivity index (χ3v) is 4.70. The van der Waals surface area contributed by atoms with Crippen LogP contribution in [0.3, 0.4) is 0 Å². The number of urea groups is 1. The van der Waals surface area contributed by atoms with E-state index in [0.29, 0.717) is 5.75 Å². The molecule has 1 aliphatic heterocycles. The fraction of sp³-hybridized carbons (Fsp3) is 0.769. The van der Waals surface area contributed by atoms with Crippen LogP contribution in [0.1, 0.15) is 26.2 Å². The van der Waals surface area contributed by atoms with Gasteiger partial charge in [-0.1, -0.05) is 13.3 Å². The summed E-state index contributed by atoms with van der Waals surface area (Å²) in [5.41, 5.74) is 0. The average Bonchev–Trinajstić information content (AvgIpc) is 2.87. The summed E-state index contributed by atoms with van der Waals surface area (Å²) in [5, 5.41) is 9.14. The molecule has 0 saturated carbocycles. The molecule has 2 unspecified atom stereocenters. The minimum Gasteiger partial charge on any atom is -0.480 e. The molecular weight excluding hydrogens is 296 g/mol. The largest absolute Gasteiger partial charge is 0.480 e. The molecule has 120 valence electrons. The lowest BCUT2D eigenvalue weighted by Gasteiger charge is -2.31. The van der Waals surface area contributed by atoms with E-state index in [0.717, 1.165) is 12.8 Å². The second-order valence-corrected chi connectivity index (χ2v) is 6.08. The number of ether oxygens (including phenoxy) is 1. The first-order valence-electron chi connectivity index (χ1n) is 6.87. The number of aliphatic carboxylic acids is 1. The normalized spacial score (nSPS) is 21.2. The zero-order valence-corrected chi connectivity index (χ0v) is 13.4. The molecule has 0 aromatic heterocycles. The number of carbonyl (C=O) groups excluding carboxylic acids is 2. The molecule has 0 aromatic carbocycles. The van der Waals surface area contributed by atoms with Gasteiger partial charge in [-0.15, -0.1) is 11.8 Å². The molecule has 2 atom stereocenters. The molecule has 0 aliphatic carbocycles. The summed E-state index contributed by atoms with van der Waals surface area (Å²) in [6, 6.07) is -1.16. The van der Waals surface area contributed by atoms with E-state index in [-0.39, 0.29) is 24.4 Å². The van der Waals surface area contributed by atoms with Crippen LogP contribution in [0.5, 0.6) is 0 Å². The lowest BCUT2D eigenvalue weighted by molar-refractivity contribution is -0.142. The summed E-state index contributed by atoms with van der Waals surface area (Å²) >= 11 is 1.49. The molecule has 1 N–H and O–H groups in total. The molecule has 8 heteroatoms. The lowest BCUT2D eigenvalue weighted by atomic mass is 10.2. The van der Waals surface area contributed by atoms with Gasteiger partial charge >= 0.3 is 18.0 Å². The first-order valence-corrected chi connectivity index (χ1v) is 7.91. The number of carboxylic acid groups (broad SMARTS) is 1. The second-order valence-electron chi connectivity index (χ2n) is 4.87. The van der Waals surface area contributed by atoms with Gasteiger partial charge in [-0.05, 0) is 6.42 Å². The Kier molecular flexibility index (Phi) is 6.80. The summed E-state index contributed by atoms with van der Waals surface area (Å²) in [4.78, 5) is 37.7. The summed E-state index contributed by atoms with van der Waals surface area (Å²) in [5.74, 6) is -0.988. The maximum Gasteiger partial charge on any atom is 0.327 e. The van der Waals surface area contributed by atoms with E-state index in [1.165, 1.54) is 28.7 Å². The van der Waals surface area contributed by atoms with E-state index in [2.05, 4.69) is 4.74 Å². The van der Waals surface area contributed by atoms with Crippen LogP contribution < -0.4 is 0 Å². The van der Waals surface area contributed by atoms with Crippen molar-refractivity contribution in [1.82, 2.24) is 9.80 Å². The monoisotopic (exact) mass is 318 g/mol. The van der Waals surface area contributed by atoms with Gasteiger partial charge in [-0.3, -0.25) is 9.69 Å². The minimum absolute atomic E-state index is 0.0932. The second kappa shape index (κ2) is 8.11. The van der Waals surface area contributed by atoms with Crippen LogP contribution in [-0.2, 0) is 14.3 Å². The molecule has 1 aliphatic rings. The molecule has 1 heterocycles. The number of amides is 2. The van der Waals surface area contributed by atoms with Crippen molar-refractivity contribution in [3.05, 3.63) is 0 Å². The van der Waals surface area contributed by atoms with E-state index in [1.54, 1.807) is 7.05 Å². The average molecular weight is 318 g/mol. The molecule has 0 bridgehead atoms. The Morgan fingerprint density at radius 3 is 2.62 bits per heavy atom. The maximum absolute atomic E-state index is 12.5. The van der Waals surface area contributed by atoms with E-state index in [9.17, 15) is 19.5 Å². The molecule has 0 spiro atoms. The zero-order valence-electron chi connectivity index (χ0n) is 12.6. The number of hydrogen-bond donors (Lipinski definition) is 1. The lowest BCUT2D eigenvalue weighted by Crippen LogP contribution is -2.51. The van der Waals surface area contributed by atoms with Gasteiger partial charge in [0.1, 0.15) is 6.04 Å². The maximum atomic E-state index is 12.5. The van der Waals surface area contributed by atoms with Gasteiger partial charge in [0.25, 0.3) is 0 Å². The van der Waals surface area contributed by atoms with Gasteiger partial charge in [-0.2, -0.15) is 0 Å². The molecule has 1 rings (SSSR count). The highest BCUT2D eigenvalue weighted by atomic mass is 32.2. The van der Waals surface area contributed by atoms with Crippen molar-refractivity contribution in [3.63, 3.8) is 0 Å². The van der Waals surface area contributed by atoms with Crippen LogP contribution in [0.15, 0.2) is 0 Å². The summed E-state index contributed by atoms with van der Waals surface area (Å²) < 4.78 is 4.54. The van der Waals surface area contributed by atoms with Crippen LogP contribution in [-0.4, -0.2) is 70.7 Å². The Morgan fingerprint density at radius 1 is 1.43 bits per heavy atom. The zero-order chi connectivity index (χ0) is 16.0. The van der Waals surface area contributed by atoms with E-state index < -0.39 is 18.0 Å². The Labute approximate surface area is 128 Å². The van der Waals surface area contributed by atoms with Crippen molar-refractivity contribution in [3.8, 4) is 0 Å². The Balaban J connectivity index is 2.73. The number of esters is 1. The highest BCUT2D eigenvalue weighted by Gasteiger charge is 2.42. The molecule has 1 fully saturated rings. The van der Waals surface area contributed by atoms with Gasteiger partial charge in [0.05, 0.1) is 18.9 Å². The Morgan fingerprint density at radius 2 is 2.10 bits per heavy atom. The molecule has 0 aromatic rings. The summed E-state index contributed by atoms with van der Waals surface area (Å²) in [6.45, 7) is 2.20. The van der Waals surface area contributed by atoms with Crippen molar-refractivity contribution >= 4 is 29.7 Å². The number of carboxylic acids is 1. The van der Waals surface area contributed by atoms with Crippen molar-refractivity contribution in [1.29, 1.82) is 0 Å². The van der Waals surface area contributed by atoms with Crippen LogP contribution in [0.4, 0.5) is 4.79 Å². The first-order chi connectivity index (χ1) is 9.92. The third kappa shape index (κ3) is 4.52. The van der Waals surface area contributed by atoms with Crippen LogP contribution in [0.2, 0.25) is 0 Å². The van der Waals surface area contributed by atoms with Crippen molar-refractivity contribution < 1.29 is 24.2 Å². The fourth-order valence-corrected chi connectivity index (χ4v) is 3.64. The SMILES string of the molecule is CCCC1SCC(C(=O)O)N1C(=O)N(C)CCC(=O)OC. The number of rotatable bonds is 6. The van der Waals surface area contributed by atoms with Gasteiger partial charge in [-0.25, -0.2) is 9.59 Å². The number of thioether (sulfide) groups is 1. The summed E-state index contributed by atoms with van der Waals surface area (Å²) in [6.07, 6.45) is 1.72. The number of hydrogen-bond acceptors (Lipinski definition) is 5. The molecule has 7 nitrogen and oxygen atoms in total. The first kappa shape index (κ1) is 17.6. The minimum atomic E-state index is -0.990. The standard InChI is InChI=1S/C13H22N2O5S/c1-4-5-10-15(9(8-21-10)12(17)18)13(19)14(2)7-6-11(16)20-3/h9-10H,4-8H2,1-3H3,(H,17,18). The highest BCUT2D eigenvalue weighted by molar-refractivity contribution is 8.00. The number of carbonyl (C=O) groups is 3. The van der Waals surface area contributed by atoms with Crippen LogP contribution >= 0.6 is 11.8 Å². The van der Waals surface area contributed by atoms with Crippen molar-refractivity contribution in [2.75, 3.05) is 26.5 Å². The molecule has 2 amide bonds. The van der Waals surface area contributed by atoms with Gasteiger partial charge in [0, 0.05) is 19.3 Å². The molecule has 0 radical (unpaired) electrons. The van der Waals surface area contributed by atoms with Crippen LogP contribution in [0, 0.1) is 0 Å². The van der Waals surface area contributed by atoms with Crippen molar-refractivity contribution in [2.24, 2.45) is 0 Å². The van der Waals surface area contributed by atoms with Gasteiger partial charge in [0.15, 0.2) is 0 Å². The molecule has 1 saturated heterocycles. The predicted molar refractivity (Wildman–Crippen MR) is 79.1 cm³/mol.